The van der Waals surface area contributed by atoms with Crippen LogP contribution in [0.25, 0.3) is 0 Å². The first-order valence-electron chi connectivity index (χ1n) is 8.64. The molecule has 134 valence electrons. The average molecular weight is 359 g/mol. The first kappa shape index (κ1) is 17.7. The van der Waals surface area contributed by atoms with E-state index in [4.69, 9.17) is 10.5 Å². The van der Waals surface area contributed by atoms with Crippen molar-refractivity contribution < 1.29 is 4.74 Å². The van der Waals surface area contributed by atoms with Crippen LogP contribution in [0.2, 0.25) is 0 Å². The molecule has 0 radical (unpaired) electrons. The minimum absolute atomic E-state index is 0.503. The second-order valence-electron chi connectivity index (χ2n) is 6.41. The molecule has 2 heterocycles. The van der Waals surface area contributed by atoms with Crippen LogP contribution in [-0.2, 0) is 0 Å². The van der Waals surface area contributed by atoms with E-state index in [1.807, 2.05) is 24.3 Å². The Labute approximate surface area is 152 Å². The number of hydrogen-bond donors (Lipinski definition) is 2. The van der Waals surface area contributed by atoms with Crippen molar-refractivity contribution in [2.45, 2.75) is 19.8 Å². The lowest BCUT2D eigenvalue weighted by atomic mass is 10.0. The Hall–Kier alpha value is -2.12. The molecule has 1 aromatic heterocycles. The molecule has 1 aromatic carbocycles. The number of nitrogens with two attached hydrogens (primary N) is 1. The number of nitrogen functional groups attached to an aromatic ring is 1. The fourth-order valence-electron chi connectivity index (χ4n) is 2.93. The standard InChI is InChI=1S/C18H25N5OS/c1-14-3-2-8-23(12-14)9-10-24-16-6-4-15(5-7-16)11-20-22-18-21-17(19)13-25-18/h4-7,11,13-14H,2-3,8-10,12,19H2,1H3,(H,21,22). The van der Waals surface area contributed by atoms with Crippen molar-refractivity contribution in [1.82, 2.24) is 9.88 Å². The highest BCUT2D eigenvalue weighted by molar-refractivity contribution is 7.14. The van der Waals surface area contributed by atoms with Gasteiger partial charge in [-0.25, -0.2) is 4.98 Å². The van der Waals surface area contributed by atoms with Gasteiger partial charge < -0.3 is 10.5 Å². The molecule has 0 aliphatic carbocycles. The summed E-state index contributed by atoms with van der Waals surface area (Å²) in [6.45, 7) is 6.44. The zero-order valence-corrected chi connectivity index (χ0v) is 15.3. The zero-order chi connectivity index (χ0) is 17.5. The predicted octanol–water partition coefficient (Wildman–Crippen LogP) is 3.28. The fourth-order valence-corrected chi connectivity index (χ4v) is 3.48. The van der Waals surface area contributed by atoms with Gasteiger partial charge in [0, 0.05) is 18.5 Å². The number of hydrogen-bond acceptors (Lipinski definition) is 7. The van der Waals surface area contributed by atoms with Gasteiger partial charge in [-0.15, -0.1) is 11.3 Å². The van der Waals surface area contributed by atoms with E-state index in [-0.39, 0.29) is 0 Å². The highest BCUT2D eigenvalue weighted by Crippen LogP contribution is 2.17. The Morgan fingerprint density at radius 3 is 3.00 bits per heavy atom. The molecule has 2 aromatic rings. The maximum atomic E-state index is 5.85. The molecule has 1 aliphatic heterocycles. The largest absolute Gasteiger partial charge is 0.492 e. The summed E-state index contributed by atoms with van der Waals surface area (Å²) in [6.07, 6.45) is 4.40. The van der Waals surface area contributed by atoms with Gasteiger partial charge in [-0.3, -0.25) is 10.3 Å². The molecule has 25 heavy (non-hydrogen) atoms. The monoisotopic (exact) mass is 359 g/mol. The van der Waals surface area contributed by atoms with E-state index >= 15 is 0 Å². The normalized spacial score (nSPS) is 18.5. The molecule has 7 heteroatoms. The van der Waals surface area contributed by atoms with Crippen LogP contribution < -0.4 is 15.9 Å². The van der Waals surface area contributed by atoms with E-state index in [2.05, 4.69) is 27.3 Å². The second kappa shape index (κ2) is 8.82. The van der Waals surface area contributed by atoms with Crippen LogP contribution in [0.4, 0.5) is 10.9 Å². The lowest BCUT2D eigenvalue weighted by Gasteiger charge is -2.30. The molecule has 3 rings (SSSR count). The smallest absolute Gasteiger partial charge is 0.205 e. The Kier molecular flexibility index (Phi) is 6.25. The Morgan fingerprint density at radius 1 is 1.44 bits per heavy atom. The van der Waals surface area contributed by atoms with E-state index in [1.165, 1.54) is 37.3 Å². The van der Waals surface area contributed by atoms with Crippen molar-refractivity contribution in [2.75, 3.05) is 37.4 Å². The summed E-state index contributed by atoms with van der Waals surface area (Å²) in [5, 5.41) is 6.61. The van der Waals surface area contributed by atoms with E-state index < -0.39 is 0 Å². The topological polar surface area (TPSA) is 75.8 Å². The van der Waals surface area contributed by atoms with Crippen molar-refractivity contribution in [3.05, 3.63) is 35.2 Å². The number of nitrogens with one attached hydrogen (secondary N) is 1. The number of thiazole rings is 1. The molecule has 0 saturated carbocycles. The summed E-state index contributed by atoms with van der Waals surface area (Å²) >= 11 is 1.42. The molecule has 0 bridgehead atoms. The van der Waals surface area contributed by atoms with Crippen LogP contribution in [0, 0.1) is 5.92 Å². The third-order valence-electron chi connectivity index (χ3n) is 4.19. The van der Waals surface area contributed by atoms with Crippen LogP contribution in [0.5, 0.6) is 5.75 Å². The van der Waals surface area contributed by atoms with Crippen molar-refractivity contribution in [1.29, 1.82) is 0 Å². The van der Waals surface area contributed by atoms with Gasteiger partial charge >= 0.3 is 0 Å². The summed E-state index contributed by atoms with van der Waals surface area (Å²) in [5.74, 6) is 2.20. The predicted molar refractivity (Wildman–Crippen MR) is 105 cm³/mol. The third-order valence-corrected chi connectivity index (χ3v) is 4.96. The molecule has 1 atom stereocenters. The number of ether oxygens (including phenoxy) is 1. The molecule has 3 N–H and O–H groups in total. The molecule has 1 aliphatic rings. The van der Waals surface area contributed by atoms with Crippen molar-refractivity contribution in [2.24, 2.45) is 11.0 Å². The number of hydrazone groups is 1. The molecule has 0 spiro atoms. The first-order valence-corrected chi connectivity index (χ1v) is 9.52. The minimum Gasteiger partial charge on any atom is -0.492 e. The Bertz CT molecular complexity index is 685. The molecule has 0 amide bonds. The maximum absolute atomic E-state index is 5.85. The number of benzene rings is 1. The number of aromatic nitrogens is 1. The van der Waals surface area contributed by atoms with Crippen molar-refractivity contribution >= 4 is 28.5 Å². The summed E-state index contributed by atoms with van der Waals surface area (Å²) in [5.41, 5.74) is 9.42. The molecule has 1 unspecified atom stereocenters. The van der Waals surface area contributed by atoms with E-state index in [1.54, 1.807) is 11.6 Å². The van der Waals surface area contributed by atoms with Gasteiger partial charge in [0.25, 0.3) is 0 Å². The zero-order valence-electron chi connectivity index (χ0n) is 14.5. The molecule has 6 nitrogen and oxygen atoms in total. The van der Waals surface area contributed by atoms with Crippen LogP contribution in [-0.4, -0.2) is 42.3 Å². The summed E-state index contributed by atoms with van der Waals surface area (Å²) in [4.78, 5) is 6.57. The van der Waals surface area contributed by atoms with Crippen LogP contribution >= 0.6 is 11.3 Å². The van der Waals surface area contributed by atoms with Gasteiger partial charge in [0.05, 0.1) is 6.21 Å². The number of nitrogens with zero attached hydrogens (tertiary/aromatic N) is 3. The minimum atomic E-state index is 0.503. The Morgan fingerprint density at radius 2 is 2.28 bits per heavy atom. The Balaban J connectivity index is 1.40. The van der Waals surface area contributed by atoms with E-state index in [9.17, 15) is 0 Å². The fraction of sp³-hybridized carbons (Fsp3) is 0.444. The third kappa shape index (κ3) is 5.72. The maximum Gasteiger partial charge on any atom is 0.205 e. The SMILES string of the molecule is CC1CCCN(CCOc2ccc(C=NNc3nc(N)cs3)cc2)C1. The average Bonchev–Trinajstić information content (AvgIpc) is 3.02. The van der Waals surface area contributed by atoms with E-state index in [0.29, 0.717) is 10.9 Å². The van der Waals surface area contributed by atoms with Gasteiger partial charge in [-0.2, -0.15) is 5.10 Å². The van der Waals surface area contributed by atoms with Crippen LogP contribution in [0.15, 0.2) is 34.7 Å². The molecule has 1 saturated heterocycles. The summed E-state index contributed by atoms with van der Waals surface area (Å²) in [7, 11) is 0. The van der Waals surface area contributed by atoms with Gasteiger partial charge in [0.1, 0.15) is 18.2 Å². The van der Waals surface area contributed by atoms with Gasteiger partial charge in [0.2, 0.25) is 5.13 Å². The highest BCUT2D eigenvalue weighted by Gasteiger charge is 2.15. The van der Waals surface area contributed by atoms with Crippen molar-refractivity contribution in [3.8, 4) is 5.75 Å². The van der Waals surface area contributed by atoms with Crippen LogP contribution in [0.1, 0.15) is 25.3 Å². The van der Waals surface area contributed by atoms with Crippen molar-refractivity contribution in [3.63, 3.8) is 0 Å². The second-order valence-corrected chi connectivity index (χ2v) is 7.27. The van der Waals surface area contributed by atoms with Gasteiger partial charge in [-0.1, -0.05) is 6.92 Å². The molecular weight excluding hydrogens is 334 g/mol. The quantitative estimate of drug-likeness (QED) is 0.586. The number of anilines is 2. The highest BCUT2D eigenvalue weighted by atomic mass is 32.1. The number of rotatable bonds is 7. The summed E-state index contributed by atoms with van der Waals surface area (Å²) < 4.78 is 5.85. The number of piperidine rings is 1. The van der Waals surface area contributed by atoms with Gasteiger partial charge in [-0.05, 0) is 55.1 Å². The first-order chi connectivity index (χ1) is 12.2. The lowest BCUT2D eigenvalue weighted by molar-refractivity contribution is 0.153. The summed E-state index contributed by atoms with van der Waals surface area (Å²) in [6, 6.07) is 7.92. The number of likely N-dealkylation sites (tertiary alicyclic amines) is 1. The van der Waals surface area contributed by atoms with E-state index in [0.717, 1.165) is 30.4 Å². The lowest BCUT2D eigenvalue weighted by Crippen LogP contribution is -2.37. The molecular formula is C18H25N5OS. The molecule has 1 fully saturated rings. The van der Waals surface area contributed by atoms with Gasteiger partial charge in [0.15, 0.2) is 0 Å². The van der Waals surface area contributed by atoms with Crippen LogP contribution in [0.3, 0.4) is 0 Å².